The molecular formula is C23H23LiN4NaO6S+. The van der Waals surface area contributed by atoms with Crippen molar-refractivity contribution in [3.8, 4) is 11.5 Å². The SMILES string of the molecule is COc1cc(N=Nc2ccc(S(=O)(=O)[O-])cc2)c(C)cc1N=Nc1ccc(OCC(C)O)cc1.[Li+].[Na+]. The predicted molar refractivity (Wildman–Crippen MR) is 124 cm³/mol. The maximum atomic E-state index is 11.0. The largest absolute Gasteiger partial charge is 1.00 e. The quantitative estimate of drug-likeness (QED) is 0.232. The summed E-state index contributed by atoms with van der Waals surface area (Å²) in [4.78, 5) is -0.332. The van der Waals surface area contributed by atoms with Gasteiger partial charge in [-0.25, -0.2) is 8.42 Å². The molecule has 0 aliphatic carbocycles. The molecule has 0 radical (unpaired) electrons. The van der Waals surface area contributed by atoms with Crippen LogP contribution in [0.15, 0.2) is 86.0 Å². The third kappa shape index (κ3) is 9.42. The zero-order chi connectivity index (χ0) is 24.7. The Morgan fingerprint density at radius 2 is 1.44 bits per heavy atom. The molecule has 0 amide bonds. The summed E-state index contributed by atoms with van der Waals surface area (Å²) in [5, 5.41) is 26.0. The van der Waals surface area contributed by atoms with Crippen LogP contribution in [0, 0.1) is 6.92 Å². The maximum absolute atomic E-state index is 11.0. The molecule has 0 aliphatic heterocycles. The second-order valence-corrected chi connectivity index (χ2v) is 8.69. The number of benzene rings is 3. The van der Waals surface area contributed by atoms with Gasteiger partial charge < -0.3 is 19.1 Å². The first kappa shape index (κ1) is 32.0. The molecular weight excluding hydrogens is 490 g/mol. The van der Waals surface area contributed by atoms with E-state index in [9.17, 15) is 18.1 Å². The molecule has 178 valence electrons. The summed E-state index contributed by atoms with van der Waals surface area (Å²) in [6.07, 6.45) is -0.555. The van der Waals surface area contributed by atoms with E-state index in [4.69, 9.17) is 9.47 Å². The van der Waals surface area contributed by atoms with Crippen LogP contribution in [-0.4, -0.2) is 37.9 Å². The van der Waals surface area contributed by atoms with E-state index < -0.39 is 16.2 Å². The number of aryl methyl sites for hydroxylation is 1. The number of rotatable bonds is 9. The van der Waals surface area contributed by atoms with E-state index >= 15 is 0 Å². The summed E-state index contributed by atoms with van der Waals surface area (Å²) < 4.78 is 43.9. The Balaban J connectivity index is 0.00000324. The summed E-state index contributed by atoms with van der Waals surface area (Å²) in [6.45, 7) is 3.68. The minimum atomic E-state index is -4.51. The molecule has 1 unspecified atom stereocenters. The first-order valence-electron chi connectivity index (χ1n) is 10.1. The second-order valence-electron chi connectivity index (χ2n) is 7.31. The van der Waals surface area contributed by atoms with Crippen LogP contribution in [0.1, 0.15) is 12.5 Å². The monoisotopic (exact) mass is 513 g/mol. The molecule has 1 atom stereocenters. The van der Waals surface area contributed by atoms with Crippen LogP contribution >= 0.6 is 0 Å². The molecule has 0 bridgehead atoms. The molecule has 0 aromatic heterocycles. The van der Waals surface area contributed by atoms with Gasteiger partial charge in [0.15, 0.2) is 0 Å². The molecule has 0 fully saturated rings. The van der Waals surface area contributed by atoms with E-state index in [-0.39, 0.29) is 59.9 Å². The van der Waals surface area contributed by atoms with Gasteiger partial charge in [0.2, 0.25) is 0 Å². The van der Waals surface area contributed by atoms with Gasteiger partial charge in [0.25, 0.3) is 0 Å². The number of nitrogens with zero attached hydrogens (tertiary/aromatic N) is 4. The average Bonchev–Trinajstić information content (AvgIpc) is 2.81. The predicted octanol–water partition coefficient (Wildman–Crippen LogP) is -0.494. The smallest absolute Gasteiger partial charge is 0.744 e. The van der Waals surface area contributed by atoms with Crippen molar-refractivity contribution in [3.63, 3.8) is 0 Å². The fraction of sp³-hybridized carbons (Fsp3) is 0.217. The fourth-order valence-corrected chi connectivity index (χ4v) is 3.21. The zero-order valence-electron chi connectivity index (χ0n) is 20.7. The zero-order valence-corrected chi connectivity index (χ0v) is 23.6. The molecule has 10 nitrogen and oxygen atoms in total. The summed E-state index contributed by atoms with van der Waals surface area (Å²) in [5.41, 5.74) is 2.78. The molecule has 0 spiro atoms. The molecule has 3 aromatic carbocycles. The molecule has 1 N–H and O–H groups in total. The van der Waals surface area contributed by atoms with E-state index in [0.717, 1.165) is 5.56 Å². The van der Waals surface area contributed by atoms with Crippen LogP contribution in [-0.2, 0) is 10.1 Å². The Kier molecular flexibility index (Phi) is 13.0. The van der Waals surface area contributed by atoms with E-state index in [0.29, 0.717) is 34.2 Å². The Hall–Kier alpha value is -2.07. The molecule has 0 saturated carbocycles. The van der Waals surface area contributed by atoms with Crippen molar-refractivity contribution in [2.24, 2.45) is 20.5 Å². The van der Waals surface area contributed by atoms with Gasteiger partial charge in [0.05, 0.1) is 35.2 Å². The number of aliphatic hydroxyl groups is 1. The fourth-order valence-electron chi connectivity index (χ4n) is 2.74. The summed E-state index contributed by atoms with van der Waals surface area (Å²) in [7, 11) is -3.01. The maximum Gasteiger partial charge on any atom is 1.00 e. The number of hydrogen-bond acceptors (Lipinski definition) is 10. The van der Waals surface area contributed by atoms with Crippen LogP contribution in [0.4, 0.5) is 22.7 Å². The number of hydrogen-bond donors (Lipinski definition) is 1. The first-order valence-corrected chi connectivity index (χ1v) is 11.6. The first-order chi connectivity index (χ1) is 16.2. The van der Waals surface area contributed by atoms with Crippen LogP contribution < -0.4 is 57.9 Å². The van der Waals surface area contributed by atoms with Crippen LogP contribution in [0.2, 0.25) is 0 Å². The van der Waals surface area contributed by atoms with Crippen LogP contribution in [0.25, 0.3) is 0 Å². The third-order valence-electron chi connectivity index (χ3n) is 4.50. The van der Waals surface area contributed by atoms with Gasteiger partial charge in [0, 0.05) is 6.07 Å². The van der Waals surface area contributed by atoms with Gasteiger partial charge >= 0.3 is 48.4 Å². The Morgan fingerprint density at radius 3 is 1.94 bits per heavy atom. The third-order valence-corrected chi connectivity index (χ3v) is 5.35. The van der Waals surface area contributed by atoms with E-state index in [1.165, 1.54) is 31.4 Å². The van der Waals surface area contributed by atoms with Gasteiger partial charge in [-0.05, 0) is 74.0 Å². The Morgan fingerprint density at radius 1 is 0.917 bits per heavy atom. The topological polar surface area (TPSA) is 145 Å². The van der Waals surface area contributed by atoms with Crippen molar-refractivity contribution >= 4 is 32.9 Å². The van der Waals surface area contributed by atoms with Crippen molar-refractivity contribution in [2.75, 3.05) is 13.7 Å². The normalized spacial score (nSPS) is 12.1. The van der Waals surface area contributed by atoms with Crippen molar-refractivity contribution in [3.05, 3.63) is 66.2 Å². The molecule has 3 rings (SSSR count). The average molecular weight is 513 g/mol. The number of ether oxygens (including phenoxy) is 2. The molecule has 3 aromatic rings. The summed E-state index contributed by atoms with van der Waals surface area (Å²) in [5.74, 6) is 1.06. The van der Waals surface area contributed by atoms with E-state index in [2.05, 4.69) is 20.5 Å². The number of methoxy groups -OCH3 is 1. The van der Waals surface area contributed by atoms with Gasteiger partial charge in [-0.3, -0.25) is 0 Å². The molecule has 0 aliphatic rings. The summed E-state index contributed by atoms with van der Waals surface area (Å²) >= 11 is 0. The van der Waals surface area contributed by atoms with Crippen molar-refractivity contribution < 1.29 is 76.0 Å². The standard InChI is InChI=1S/C23H24N4O6S.Li.Na/c1-15-12-22(27-25-17-4-8-19(9-5-17)33-14-16(2)28)23(32-3)13-21(15)26-24-18-6-10-20(11-7-18)34(29,30)31;;/h4-13,16,28H,14H2,1-3H3,(H,29,30,31);;/q;2*+1/p-1. The molecule has 0 saturated heterocycles. The van der Waals surface area contributed by atoms with E-state index in [1.54, 1.807) is 43.3 Å². The summed E-state index contributed by atoms with van der Waals surface area (Å²) in [6, 6.07) is 15.5. The minimum Gasteiger partial charge on any atom is -0.744 e. The van der Waals surface area contributed by atoms with E-state index in [1.807, 2.05) is 6.92 Å². The van der Waals surface area contributed by atoms with Crippen molar-refractivity contribution in [1.82, 2.24) is 0 Å². The van der Waals surface area contributed by atoms with Crippen LogP contribution in [0.5, 0.6) is 11.5 Å². The van der Waals surface area contributed by atoms with Gasteiger partial charge in [-0.1, -0.05) is 0 Å². The molecule has 36 heavy (non-hydrogen) atoms. The number of azo groups is 2. The van der Waals surface area contributed by atoms with Crippen molar-refractivity contribution in [1.29, 1.82) is 0 Å². The van der Waals surface area contributed by atoms with Gasteiger partial charge in [-0.2, -0.15) is 15.3 Å². The Labute approximate surface area is 244 Å². The number of aliphatic hydroxyl groups excluding tert-OH is 1. The van der Waals surface area contributed by atoms with Gasteiger partial charge in [-0.15, -0.1) is 5.11 Å². The Bertz CT molecular complexity index is 1300. The second kappa shape index (κ2) is 14.6. The van der Waals surface area contributed by atoms with Gasteiger partial charge in [0.1, 0.15) is 33.9 Å². The van der Waals surface area contributed by atoms with Crippen LogP contribution in [0.3, 0.4) is 0 Å². The van der Waals surface area contributed by atoms with Crippen molar-refractivity contribution in [2.45, 2.75) is 24.8 Å². The molecule has 13 heteroatoms. The molecule has 0 heterocycles. The minimum absolute atomic E-state index is 0.